The second-order valence-electron chi connectivity index (χ2n) is 12.8. The maximum Gasteiger partial charge on any atom is 0.230 e. The summed E-state index contributed by atoms with van der Waals surface area (Å²) in [6, 6.07) is 1.67. The van der Waals surface area contributed by atoms with Crippen molar-refractivity contribution in [2.24, 2.45) is 5.41 Å². The fraction of sp³-hybridized carbons (Fsp3) is 0.700. The fourth-order valence-corrected chi connectivity index (χ4v) is 8.92. The summed E-state index contributed by atoms with van der Waals surface area (Å²) >= 11 is 1.87. The van der Waals surface area contributed by atoms with E-state index in [1.807, 2.05) is 17.5 Å². The van der Waals surface area contributed by atoms with Crippen LogP contribution in [0.15, 0.2) is 12.4 Å². The molecule has 5 aliphatic rings. The van der Waals surface area contributed by atoms with Gasteiger partial charge in [-0.05, 0) is 108 Å². The van der Waals surface area contributed by atoms with Gasteiger partial charge in [-0.2, -0.15) is 10.1 Å². The van der Waals surface area contributed by atoms with Gasteiger partial charge < -0.3 is 20.3 Å². The average molecular weight is 548 g/mol. The number of fused-ring (bicyclic) bond motifs is 3. The first kappa shape index (κ1) is 24.6. The number of aryl methyl sites for hydroxylation is 2. The first-order valence-electron chi connectivity index (χ1n) is 15.4. The minimum Gasteiger partial charge on any atom is -0.381 e. The Hall–Kier alpha value is -2.23. The maximum atomic E-state index is 5.53. The zero-order valence-electron chi connectivity index (χ0n) is 23.0. The number of nitrogens with one attached hydrogen (secondary N) is 2. The molecule has 0 atom stereocenters. The van der Waals surface area contributed by atoms with Gasteiger partial charge in [0.05, 0.1) is 23.3 Å². The average Bonchev–Trinajstić information content (AvgIpc) is 3.28. The van der Waals surface area contributed by atoms with E-state index in [1.165, 1.54) is 93.1 Å². The van der Waals surface area contributed by atoms with E-state index in [-0.39, 0.29) is 0 Å². The SMILES string of the molecule is c1nn(C2CCOCC2)cc1Nc1nc(NC2CCC(N3CCC4(CC3)CC4)CC2)c2c3c(sc2n1)CCC3. The molecule has 3 aromatic rings. The number of nitrogens with zero attached hydrogens (tertiary/aromatic N) is 5. The van der Waals surface area contributed by atoms with Crippen LogP contribution in [0.5, 0.6) is 0 Å². The number of rotatable bonds is 6. The number of aromatic nitrogens is 4. The van der Waals surface area contributed by atoms with Gasteiger partial charge in [0.25, 0.3) is 0 Å². The molecule has 0 bridgehead atoms. The van der Waals surface area contributed by atoms with E-state index in [9.17, 15) is 0 Å². The standard InChI is InChI=1S/C30H41N7OS/c1-2-24-25(3-1)39-28-26(24)27(32-20-4-6-22(7-5-20)36-14-12-30(10-11-30)13-15-36)34-29(35-28)33-21-18-31-37(19-21)23-8-16-38-17-9-23/h18-20,22-23H,1-17H2,(H2,32,33,34,35). The number of likely N-dealkylation sites (tertiary alicyclic amines) is 1. The molecule has 0 unspecified atom stereocenters. The summed E-state index contributed by atoms with van der Waals surface area (Å²) in [6.07, 6.45) is 20.5. The zero-order valence-corrected chi connectivity index (χ0v) is 23.8. The van der Waals surface area contributed by atoms with Crippen molar-refractivity contribution >= 4 is 39.0 Å². The van der Waals surface area contributed by atoms with Gasteiger partial charge in [0.15, 0.2) is 0 Å². The lowest BCUT2D eigenvalue weighted by atomic mass is 9.86. The van der Waals surface area contributed by atoms with Gasteiger partial charge >= 0.3 is 0 Å². The molecule has 3 aliphatic carbocycles. The van der Waals surface area contributed by atoms with Gasteiger partial charge in [-0.1, -0.05) is 0 Å². The van der Waals surface area contributed by atoms with Gasteiger partial charge in [-0.25, -0.2) is 4.98 Å². The molecule has 5 heterocycles. The minimum atomic E-state index is 0.407. The van der Waals surface area contributed by atoms with E-state index in [4.69, 9.17) is 14.7 Å². The Bertz CT molecular complexity index is 1320. The Labute approximate surface area is 234 Å². The van der Waals surface area contributed by atoms with Crippen LogP contribution in [0.25, 0.3) is 10.2 Å². The Kier molecular flexibility index (Phi) is 6.29. The van der Waals surface area contributed by atoms with Crippen molar-refractivity contribution in [3.05, 3.63) is 22.8 Å². The summed E-state index contributed by atoms with van der Waals surface area (Å²) in [6.45, 7) is 4.28. The summed E-state index contributed by atoms with van der Waals surface area (Å²) in [5, 5.41) is 13.3. The first-order valence-corrected chi connectivity index (χ1v) is 16.2. The maximum absolute atomic E-state index is 5.53. The zero-order chi connectivity index (χ0) is 25.8. The molecule has 2 saturated heterocycles. The quantitative estimate of drug-likeness (QED) is 0.388. The monoisotopic (exact) mass is 547 g/mol. The van der Waals surface area contributed by atoms with Crippen LogP contribution >= 0.6 is 11.3 Å². The van der Waals surface area contributed by atoms with Crippen LogP contribution < -0.4 is 10.6 Å². The number of hydrogen-bond donors (Lipinski definition) is 2. The van der Waals surface area contributed by atoms with Gasteiger partial charge in [-0.15, -0.1) is 11.3 Å². The third kappa shape index (κ3) is 4.84. The molecule has 9 heteroatoms. The summed E-state index contributed by atoms with van der Waals surface area (Å²) < 4.78 is 7.60. The van der Waals surface area contributed by atoms with Crippen molar-refractivity contribution in [2.45, 2.75) is 102 Å². The summed E-state index contributed by atoms with van der Waals surface area (Å²) in [5.41, 5.74) is 3.21. The smallest absolute Gasteiger partial charge is 0.230 e. The molecule has 4 fully saturated rings. The lowest BCUT2D eigenvalue weighted by Gasteiger charge is -2.41. The number of ether oxygens (including phenoxy) is 1. The predicted molar refractivity (Wildman–Crippen MR) is 156 cm³/mol. The summed E-state index contributed by atoms with van der Waals surface area (Å²) in [7, 11) is 0. The van der Waals surface area contributed by atoms with E-state index in [1.54, 1.807) is 0 Å². The van der Waals surface area contributed by atoms with Crippen molar-refractivity contribution in [2.75, 3.05) is 36.9 Å². The topological polar surface area (TPSA) is 80.1 Å². The van der Waals surface area contributed by atoms with E-state index in [0.717, 1.165) is 60.3 Å². The molecular weight excluding hydrogens is 506 g/mol. The van der Waals surface area contributed by atoms with Gasteiger partial charge in [-0.3, -0.25) is 4.68 Å². The molecule has 3 aromatic heterocycles. The normalized spacial score (nSPS) is 27.2. The van der Waals surface area contributed by atoms with Crippen molar-refractivity contribution in [3.63, 3.8) is 0 Å². The van der Waals surface area contributed by atoms with Crippen LogP contribution in [0.3, 0.4) is 0 Å². The van der Waals surface area contributed by atoms with Crippen LogP contribution in [0, 0.1) is 5.41 Å². The Balaban J connectivity index is 0.986. The summed E-state index contributed by atoms with van der Waals surface area (Å²) in [4.78, 5) is 15.5. The van der Waals surface area contributed by atoms with Crippen LogP contribution in [0.2, 0.25) is 0 Å². The number of piperidine rings is 1. The van der Waals surface area contributed by atoms with Crippen LogP contribution in [0.1, 0.15) is 87.1 Å². The van der Waals surface area contributed by atoms with E-state index >= 15 is 0 Å². The largest absolute Gasteiger partial charge is 0.381 e. The highest BCUT2D eigenvalue weighted by molar-refractivity contribution is 7.19. The number of thiophene rings is 1. The van der Waals surface area contributed by atoms with E-state index < -0.39 is 0 Å². The van der Waals surface area contributed by atoms with Crippen LogP contribution in [-0.4, -0.2) is 63.0 Å². The third-order valence-electron chi connectivity index (χ3n) is 10.4. The second-order valence-corrected chi connectivity index (χ2v) is 13.9. The molecule has 8 nitrogen and oxygen atoms in total. The Morgan fingerprint density at radius 1 is 0.923 bits per heavy atom. The van der Waals surface area contributed by atoms with Gasteiger partial charge in [0.2, 0.25) is 5.95 Å². The first-order chi connectivity index (χ1) is 19.2. The van der Waals surface area contributed by atoms with Gasteiger partial charge in [0, 0.05) is 36.4 Å². The molecule has 0 amide bonds. The highest BCUT2D eigenvalue weighted by Gasteiger charge is 2.45. The Morgan fingerprint density at radius 3 is 2.54 bits per heavy atom. The lowest BCUT2D eigenvalue weighted by molar-refractivity contribution is 0.0662. The van der Waals surface area contributed by atoms with E-state index in [0.29, 0.717) is 18.0 Å². The third-order valence-corrected chi connectivity index (χ3v) is 11.5. The van der Waals surface area contributed by atoms with Crippen molar-refractivity contribution < 1.29 is 4.74 Å². The minimum absolute atomic E-state index is 0.407. The predicted octanol–water partition coefficient (Wildman–Crippen LogP) is 6.07. The summed E-state index contributed by atoms with van der Waals surface area (Å²) in [5.74, 6) is 1.71. The molecule has 39 heavy (non-hydrogen) atoms. The molecular formula is C30H41N7OS. The molecule has 0 radical (unpaired) electrons. The fourth-order valence-electron chi connectivity index (χ4n) is 7.66. The molecule has 2 saturated carbocycles. The van der Waals surface area contributed by atoms with E-state index in [2.05, 4.69) is 31.5 Å². The molecule has 1 spiro atoms. The number of anilines is 3. The lowest BCUT2D eigenvalue weighted by Crippen LogP contribution is -2.45. The van der Waals surface area contributed by atoms with Crippen LogP contribution in [0.4, 0.5) is 17.5 Å². The van der Waals surface area contributed by atoms with Crippen molar-refractivity contribution in [3.8, 4) is 0 Å². The second kappa shape index (κ2) is 10.00. The molecule has 0 aromatic carbocycles. The van der Waals surface area contributed by atoms with Crippen molar-refractivity contribution in [1.29, 1.82) is 0 Å². The molecule has 208 valence electrons. The molecule has 8 rings (SSSR count). The number of hydrogen-bond acceptors (Lipinski definition) is 8. The van der Waals surface area contributed by atoms with Crippen LogP contribution in [-0.2, 0) is 17.6 Å². The highest BCUT2D eigenvalue weighted by atomic mass is 32.1. The highest BCUT2D eigenvalue weighted by Crippen LogP contribution is 2.54. The molecule has 2 aliphatic heterocycles. The van der Waals surface area contributed by atoms with Gasteiger partial charge in [0.1, 0.15) is 10.6 Å². The van der Waals surface area contributed by atoms with Crippen molar-refractivity contribution in [1.82, 2.24) is 24.6 Å². The molecule has 2 N–H and O–H groups in total. The Morgan fingerprint density at radius 2 is 1.74 bits per heavy atom.